The van der Waals surface area contributed by atoms with E-state index in [-0.39, 0.29) is 24.8 Å². The topological polar surface area (TPSA) is 71.6 Å². The Kier molecular flexibility index (Phi) is 6.93. The summed E-state index contributed by atoms with van der Waals surface area (Å²) < 4.78 is 66.5. The van der Waals surface area contributed by atoms with E-state index in [1.807, 2.05) is 6.92 Å². The summed E-state index contributed by atoms with van der Waals surface area (Å²) in [5, 5.41) is 9.17. The van der Waals surface area contributed by atoms with E-state index in [9.17, 15) is 22.4 Å². The normalized spacial score (nSPS) is 26.9. The van der Waals surface area contributed by atoms with E-state index in [2.05, 4.69) is 16.0 Å². The van der Waals surface area contributed by atoms with Crippen molar-refractivity contribution in [3.05, 3.63) is 58.9 Å². The van der Waals surface area contributed by atoms with E-state index in [0.29, 0.717) is 23.6 Å². The van der Waals surface area contributed by atoms with Crippen LogP contribution in [0.2, 0.25) is 5.02 Å². The standard InChI is InChI=1S/C23H24ClF4N3O3/c1-13-2-8-18(31-21(32)30-16-6-3-14(24)4-7-16)20(29-13)34-19-9-5-15(25)12-17(19)22(10-11-33-22)23(26,27)28/h3-7,9,12-13,18,20,29H,2,8,10-11H2,1H3,(H2,30,31,32). The number of anilines is 1. The van der Waals surface area contributed by atoms with Gasteiger partial charge in [-0.2, -0.15) is 13.2 Å². The van der Waals surface area contributed by atoms with Gasteiger partial charge in [-0.3, -0.25) is 5.32 Å². The number of carbonyl (C=O) groups is 1. The van der Waals surface area contributed by atoms with Gasteiger partial charge in [0.05, 0.1) is 12.6 Å². The van der Waals surface area contributed by atoms with Crippen molar-refractivity contribution in [1.29, 1.82) is 0 Å². The average Bonchev–Trinajstić information content (AvgIpc) is 2.71. The molecule has 0 saturated carbocycles. The number of carbonyl (C=O) groups excluding carboxylic acids is 1. The lowest BCUT2D eigenvalue weighted by Crippen LogP contribution is -2.59. The highest BCUT2D eigenvalue weighted by molar-refractivity contribution is 6.30. The van der Waals surface area contributed by atoms with Crippen LogP contribution < -0.4 is 20.7 Å². The SMILES string of the molecule is CC1CCC(NC(=O)Nc2ccc(Cl)cc2)C(Oc2ccc(F)cc2C2(C(F)(F)F)CCO2)N1. The van der Waals surface area contributed by atoms with Crippen LogP contribution in [0.25, 0.3) is 0 Å². The number of amides is 2. The summed E-state index contributed by atoms with van der Waals surface area (Å²) >= 11 is 5.86. The van der Waals surface area contributed by atoms with Gasteiger partial charge in [0.25, 0.3) is 0 Å². The molecule has 2 aliphatic heterocycles. The van der Waals surface area contributed by atoms with Crippen LogP contribution in [0.3, 0.4) is 0 Å². The second-order valence-electron chi connectivity index (χ2n) is 8.46. The minimum atomic E-state index is -4.75. The Balaban J connectivity index is 1.54. The van der Waals surface area contributed by atoms with Gasteiger partial charge in [-0.15, -0.1) is 0 Å². The molecule has 2 fully saturated rings. The van der Waals surface area contributed by atoms with Gasteiger partial charge < -0.3 is 20.1 Å². The van der Waals surface area contributed by atoms with E-state index in [1.165, 1.54) is 0 Å². The molecule has 2 saturated heterocycles. The predicted octanol–water partition coefficient (Wildman–Crippen LogP) is 5.32. The van der Waals surface area contributed by atoms with E-state index < -0.39 is 41.5 Å². The highest BCUT2D eigenvalue weighted by Crippen LogP contribution is 2.53. The number of halogens is 5. The number of hydrogen-bond donors (Lipinski definition) is 3. The van der Waals surface area contributed by atoms with Gasteiger partial charge >= 0.3 is 12.2 Å². The molecule has 11 heteroatoms. The monoisotopic (exact) mass is 501 g/mol. The zero-order valence-corrected chi connectivity index (χ0v) is 19.0. The van der Waals surface area contributed by atoms with Crippen LogP contribution in [0.1, 0.15) is 31.7 Å². The first-order valence-corrected chi connectivity index (χ1v) is 11.2. The quantitative estimate of drug-likeness (QED) is 0.485. The number of ether oxygens (including phenoxy) is 2. The third-order valence-corrected chi connectivity index (χ3v) is 6.29. The molecule has 184 valence electrons. The van der Waals surface area contributed by atoms with Gasteiger partial charge in [0, 0.05) is 28.7 Å². The lowest BCUT2D eigenvalue weighted by Gasteiger charge is -2.44. The highest BCUT2D eigenvalue weighted by atomic mass is 35.5. The molecule has 0 bridgehead atoms. The van der Waals surface area contributed by atoms with Crippen molar-refractivity contribution in [2.45, 2.75) is 56.3 Å². The molecule has 0 radical (unpaired) electrons. The molecule has 2 heterocycles. The van der Waals surface area contributed by atoms with Gasteiger partial charge in [0.2, 0.25) is 0 Å². The Morgan fingerprint density at radius 2 is 1.91 bits per heavy atom. The van der Waals surface area contributed by atoms with E-state index in [4.69, 9.17) is 21.1 Å². The van der Waals surface area contributed by atoms with Gasteiger partial charge in [0.15, 0.2) is 11.8 Å². The van der Waals surface area contributed by atoms with Crippen molar-refractivity contribution >= 4 is 23.3 Å². The molecule has 6 nitrogen and oxygen atoms in total. The number of alkyl halides is 3. The molecule has 2 aromatic rings. The minimum Gasteiger partial charge on any atom is -0.473 e. The number of benzene rings is 2. The number of rotatable bonds is 5. The van der Waals surface area contributed by atoms with Crippen molar-refractivity contribution in [1.82, 2.24) is 10.6 Å². The lowest BCUT2D eigenvalue weighted by atomic mass is 9.85. The fourth-order valence-electron chi connectivity index (χ4n) is 4.15. The summed E-state index contributed by atoms with van der Waals surface area (Å²) in [5.74, 6) is -0.988. The predicted molar refractivity (Wildman–Crippen MR) is 118 cm³/mol. The Morgan fingerprint density at radius 3 is 2.53 bits per heavy atom. The average molecular weight is 502 g/mol. The van der Waals surface area contributed by atoms with Gasteiger partial charge in [-0.1, -0.05) is 11.6 Å². The maximum absolute atomic E-state index is 14.0. The third-order valence-electron chi connectivity index (χ3n) is 6.03. The van der Waals surface area contributed by atoms with Gasteiger partial charge in [-0.05, 0) is 62.2 Å². The molecule has 4 atom stereocenters. The number of nitrogens with one attached hydrogen (secondary N) is 3. The molecule has 3 N–H and O–H groups in total. The second kappa shape index (κ2) is 9.59. The maximum atomic E-state index is 14.0. The van der Waals surface area contributed by atoms with Crippen LogP contribution in [0.5, 0.6) is 5.75 Å². The van der Waals surface area contributed by atoms with Crippen LogP contribution in [0, 0.1) is 5.82 Å². The molecule has 34 heavy (non-hydrogen) atoms. The summed E-state index contributed by atoms with van der Waals surface area (Å²) in [7, 11) is 0. The summed E-state index contributed by atoms with van der Waals surface area (Å²) in [6.07, 6.45) is -4.72. The first-order valence-electron chi connectivity index (χ1n) is 10.8. The molecule has 2 aliphatic rings. The molecular weight excluding hydrogens is 478 g/mol. The van der Waals surface area contributed by atoms with Crippen molar-refractivity contribution in [3.63, 3.8) is 0 Å². The van der Waals surface area contributed by atoms with Crippen LogP contribution in [-0.2, 0) is 10.3 Å². The molecule has 2 aromatic carbocycles. The summed E-state index contributed by atoms with van der Waals surface area (Å²) in [6.45, 7) is 1.81. The Hall–Kier alpha value is -2.56. The zero-order chi connectivity index (χ0) is 24.5. The van der Waals surface area contributed by atoms with Crippen LogP contribution in [0.4, 0.5) is 28.0 Å². The number of urea groups is 1. The largest absolute Gasteiger partial charge is 0.473 e. The lowest BCUT2D eigenvalue weighted by molar-refractivity contribution is -0.334. The first kappa shape index (κ1) is 24.6. The molecule has 0 aliphatic carbocycles. The molecule has 4 rings (SSSR count). The van der Waals surface area contributed by atoms with E-state index in [1.54, 1.807) is 24.3 Å². The Morgan fingerprint density at radius 1 is 1.21 bits per heavy atom. The zero-order valence-electron chi connectivity index (χ0n) is 18.2. The fourth-order valence-corrected chi connectivity index (χ4v) is 4.27. The van der Waals surface area contributed by atoms with Gasteiger partial charge in [-0.25, -0.2) is 9.18 Å². The molecular formula is C23H24ClF4N3O3. The first-order chi connectivity index (χ1) is 16.1. The third kappa shape index (κ3) is 5.08. The van der Waals surface area contributed by atoms with Gasteiger partial charge in [0.1, 0.15) is 11.6 Å². The van der Waals surface area contributed by atoms with Crippen molar-refractivity contribution in [2.75, 3.05) is 11.9 Å². The number of hydrogen-bond acceptors (Lipinski definition) is 4. The Bertz CT molecular complexity index is 1030. The molecule has 2 amide bonds. The number of piperidine rings is 1. The van der Waals surface area contributed by atoms with E-state index in [0.717, 1.165) is 18.2 Å². The molecule has 0 spiro atoms. The van der Waals surface area contributed by atoms with E-state index >= 15 is 0 Å². The smallest absolute Gasteiger partial charge is 0.421 e. The Labute approximate surface area is 198 Å². The van der Waals surface area contributed by atoms with Crippen molar-refractivity contribution < 1.29 is 31.8 Å². The maximum Gasteiger partial charge on any atom is 0.421 e. The minimum absolute atomic E-state index is 0.0113. The van der Waals surface area contributed by atoms with Crippen molar-refractivity contribution in [2.24, 2.45) is 0 Å². The fraction of sp³-hybridized carbons (Fsp3) is 0.435. The summed E-state index contributed by atoms with van der Waals surface area (Å²) in [4.78, 5) is 12.5. The highest BCUT2D eigenvalue weighted by Gasteiger charge is 2.62. The molecule has 4 unspecified atom stereocenters. The van der Waals surface area contributed by atoms with Crippen LogP contribution in [0.15, 0.2) is 42.5 Å². The molecule has 0 aromatic heterocycles. The van der Waals surface area contributed by atoms with Crippen molar-refractivity contribution in [3.8, 4) is 5.75 Å². The summed E-state index contributed by atoms with van der Waals surface area (Å²) in [6, 6.07) is 8.43. The second-order valence-corrected chi connectivity index (χ2v) is 8.90. The van der Waals surface area contributed by atoms with Crippen LogP contribution >= 0.6 is 11.6 Å². The summed E-state index contributed by atoms with van der Waals surface area (Å²) in [5.41, 5.74) is -2.53. The van der Waals surface area contributed by atoms with Crippen LogP contribution in [-0.4, -0.2) is 37.1 Å².